The van der Waals surface area contributed by atoms with Crippen molar-refractivity contribution in [1.82, 2.24) is 4.98 Å². The summed E-state index contributed by atoms with van der Waals surface area (Å²) in [7, 11) is 0. The number of nitrogens with one attached hydrogen (secondary N) is 1. The molecule has 1 aromatic rings. The van der Waals surface area contributed by atoms with E-state index in [0.717, 1.165) is 30.1 Å². The van der Waals surface area contributed by atoms with E-state index >= 15 is 0 Å². The number of carbonyl (C=O) groups excluding carboxylic acids is 1. The maximum Gasteiger partial charge on any atom is 0.315 e. The summed E-state index contributed by atoms with van der Waals surface area (Å²) in [5.41, 5.74) is 0.939. The zero-order chi connectivity index (χ0) is 14.7. The van der Waals surface area contributed by atoms with Crippen molar-refractivity contribution in [3.05, 3.63) is 10.6 Å². The lowest BCUT2D eigenvalue weighted by molar-refractivity contribution is -0.145. The van der Waals surface area contributed by atoms with Crippen molar-refractivity contribution in [3.8, 4) is 0 Å². The Bertz CT molecular complexity index is 470. The number of hydrogen-bond acceptors (Lipinski definition) is 5. The SMILES string of the molecule is CCOC(=O)C1CCc2sc(NC(CC)C(C)C)nc21. The van der Waals surface area contributed by atoms with E-state index in [1.807, 2.05) is 6.92 Å². The molecule has 1 aromatic heterocycles. The minimum absolute atomic E-state index is 0.126. The van der Waals surface area contributed by atoms with Crippen LogP contribution >= 0.6 is 11.3 Å². The van der Waals surface area contributed by atoms with Crippen LogP contribution in [-0.2, 0) is 16.0 Å². The van der Waals surface area contributed by atoms with E-state index in [1.54, 1.807) is 11.3 Å². The third kappa shape index (κ3) is 3.14. The van der Waals surface area contributed by atoms with Crippen LogP contribution in [0.5, 0.6) is 0 Å². The Morgan fingerprint density at radius 1 is 1.50 bits per heavy atom. The molecule has 1 N–H and O–H groups in total. The Hall–Kier alpha value is -1.10. The van der Waals surface area contributed by atoms with Crippen LogP contribution in [0.4, 0.5) is 5.13 Å². The zero-order valence-corrected chi connectivity index (χ0v) is 13.5. The third-order valence-electron chi connectivity index (χ3n) is 3.84. The summed E-state index contributed by atoms with van der Waals surface area (Å²) < 4.78 is 5.14. The zero-order valence-electron chi connectivity index (χ0n) is 12.7. The molecule has 0 saturated heterocycles. The molecule has 2 unspecified atom stereocenters. The topological polar surface area (TPSA) is 51.2 Å². The minimum atomic E-state index is -0.157. The van der Waals surface area contributed by atoms with Crippen molar-refractivity contribution in [3.63, 3.8) is 0 Å². The molecule has 5 heteroatoms. The molecule has 1 heterocycles. The second kappa shape index (κ2) is 6.57. The van der Waals surface area contributed by atoms with Crippen LogP contribution < -0.4 is 5.32 Å². The molecule has 112 valence electrons. The molecule has 0 bridgehead atoms. The molecule has 0 amide bonds. The third-order valence-corrected chi connectivity index (χ3v) is 4.90. The second-order valence-corrected chi connectivity index (χ2v) is 6.66. The number of aryl methyl sites for hydroxylation is 1. The number of nitrogens with zero attached hydrogens (tertiary/aromatic N) is 1. The summed E-state index contributed by atoms with van der Waals surface area (Å²) in [4.78, 5) is 17.8. The monoisotopic (exact) mass is 296 g/mol. The normalized spacial score (nSPS) is 18.9. The summed E-state index contributed by atoms with van der Waals surface area (Å²) in [5.74, 6) is 0.287. The molecule has 0 fully saturated rings. The first kappa shape index (κ1) is 15.3. The Morgan fingerprint density at radius 2 is 2.25 bits per heavy atom. The Labute approximate surface area is 124 Å². The van der Waals surface area contributed by atoms with Gasteiger partial charge in [0.1, 0.15) is 5.92 Å². The summed E-state index contributed by atoms with van der Waals surface area (Å²) in [6.07, 6.45) is 2.86. The highest BCUT2D eigenvalue weighted by Crippen LogP contribution is 2.39. The van der Waals surface area contributed by atoms with Crippen molar-refractivity contribution in [2.24, 2.45) is 5.92 Å². The lowest BCUT2D eigenvalue weighted by Crippen LogP contribution is -2.24. The van der Waals surface area contributed by atoms with Gasteiger partial charge >= 0.3 is 5.97 Å². The van der Waals surface area contributed by atoms with Crippen molar-refractivity contribution in [2.75, 3.05) is 11.9 Å². The molecule has 0 aliphatic heterocycles. The Morgan fingerprint density at radius 3 is 2.85 bits per heavy atom. The second-order valence-electron chi connectivity index (χ2n) is 5.57. The highest BCUT2D eigenvalue weighted by molar-refractivity contribution is 7.15. The number of anilines is 1. The number of hydrogen-bond donors (Lipinski definition) is 1. The van der Waals surface area contributed by atoms with Gasteiger partial charge in [-0.2, -0.15) is 0 Å². The molecule has 0 spiro atoms. The first-order valence-corrected chi connectivity index (χ1v) is 8.31. The number of aromatic nitrogens is 1. The van der Waals surface area contributed by atoms with Crippen LogP contribution in [0, 0.1) is 5.92 Å². The highest BCUT2D eigenvalue weighted by atomic mass is 32.1. The minimum Gasteiger partial charge on any atom is -0.465 e. The first-order valence-electron chi connectivity index (χ1n) is 7.49. The molecule has 1 aliphatic rings. The van der Waals surface area contributed by atoms with Crippen LogP contribution in [0.3, 0.4) is 0 Å². The van der Waals surface area contributed by atoms with Crippen LogP contribution in [0.25, 0.3) is 0 Å². The fourth-order valence-corrected chi connectivity index (χ4v) is 3.76. The summed E-state index contributed by atoms with van der Waals surface area (Å²) in [6, 6.07) is 0.433. The van der Waals surface area contributed by atoms with Crippen LogP contribution in [0.1, 0.15) is 57.0 Å². The molecule has 0 radical (unpaired) electrons. The van der Waals surface area contributed by atoms with E-state index in [4.69, 9.17) is 4.74 Å². The number of ether oxygens (including phenoxy) is 1. The molecule has 4 nitrogen and oxygen atoms in total. The molecule has 2 atom stereocenters. The Kier molecular flexibility index (Phi) is 5.02. The molecular formula is C15H24N2O2S. The van der Waals surface area contributed by atoms with Crippen molar-refractivity contribution < 1.29 is 9.53 Å². The maximum atomic E-state index is 11.9. The fraction of sp³-hybridized carbons (Fsp3) is 0.733. The average Bonchev–Trinajstić information content (AvgIpc) is 2.94. The smallest absolute Gasteiger partial charge is 0.315 e. The van der Waals surface area contributed by atoms with Crippen molar-refractivity contribution in [2.45, 2.75) is 58.9 Å². The fourth-order valence-electron chi connectivity index (χ4n) is 2.66. The number of carbonyl (C=O) groups is 1. The summed E-state index contributed by atoms with van der Waals surface area (Å²) in [5, 5.41) is 4.45. The first-order chi connectivity index (χ1) is 9.56. The maximum absolute atomic E-state index is 11.9. The number of rotatable bonds is 6. The standard InChI is InChI=1S/C15H24N2O2S/c1-5-11(9(3)4)16-15-17-13-10(14(18)19-6-2)7-8-12(13)20-15/h9-11H,5-8H2,1-4H3,(H,16,17). The van der Waals surface area contributed by atoms with Gasteiger partial charge in [-0.15, -0.1) is 11.3 Å². The number of fused-ring (bicyclic) bond motifs is 1. The molecule has 0 aromatic carbocycles. The van der Waals surface area contributed by atoms with Crippen molar-refractivity contribution >= 4 is 22.4 Å². The molecule has 1 aliphatic carbocycles. The lowest BCUT2D eigenvalue weighted by atomic mass is 10.0. The molecular weight excluding hydrogens is 272 g/mol. The largest absolute Gasteiger partial charge is 0.465 e. The summed E-state index contributed by atoms with van der Waals surface area (Å²) in [6.45, 7) is 8.88. The predicted octanol–water partition coefficient (Wildman–Crippen LogP) is 3.58. The molecule has 20 heavy (non-hydrogen) atoms. The van der Waals surface area contributed by atoms with Crippen molar-refractivity contribution in [1.29, 1.82) is 0 Å². The lowest BCUT2D eigenvalue weighted by Gasteiger charge is -2.20. The van der Waals surface area contributed by atoms with Gasteiger partial charge in [0.15, 0.2) is 5.13 Å². The van der Waals surface area contributed by atoms with E-state index in [9.17, 15) is 4.79 Å². The number of thiazole rings is 1. The van der Waals surface area contributed by atoms with Gasteiger partial charge in [0.2, 0.25) is 0 Å². The van der Waals surface area contributed by atoms with Gasteiger partial charge in [-0.05, 0) is 32.1 Å². The van der Waals surface area contributed by atoms with Crippen LogP contribution in [0.15, 0.2) is 0 Å². The van der Waals surface area contributed by atoms with Crippen LogP contribution in [-0.4, -0.2) is 23.6 Å². The van der Waals surface area contributed by atoms with Gasteiger partial charge in [-0.25, -0.2) is 4.98 Å². The van der Waals surface area contributed by atoms with Gasteiger partial charge in [0.05, 0.1) is 12.3 Å². The van der Waals surface area contributed by atoms with Gasteiger partial charge in [-0.1, -0.05) is 20.8 Å². The van der Waals surface area contributed by atoms with Gasteiger partial charge in [0.25, 0.3) is 0 Å². The average molecular weight is 296 g/mol. The van der Waals surface area contributed by atoms with Gasteiger partial charge in [-0.3, -0.25) is 4.79 Å². The summed E-state index contributed by atoms with van der Waals surface area (Å²) >= 11 is 1.69. The van der Waals surface area contributed by atoms with Crippen LogP contribution in [0.2, 0.25) is 0 Å². The van der Waals surface area contributed by atoms with E-state index in [2.05, 4.69) is 31.1 Å². The van der Waals surface area contributed by atoms with Gasteiger partial charge in [0, 0.05) is 10.9 Å². The van der Waals surface area contributed by atoms with E-state index in [0.29, 0.717) is 18.6 Å². The molecule has 2 rings (SSSR count). The molecule has 0 saturated carbocycles. The highest BCUT2D eigenvalue weighted by Gasteiger charge is 2.33. The van der Waals surface area contributed by atoms with E-state index < -0.39 is 0 Å². The van der Waals surface area contributed by atoms with Gasteiger partial charge < -0.3 is 10.1 Å². The Balaban J connectivity index is 2.10. The number of esters is 1. The quantitative estimate of drug-likeness (QED) is 0.815. The van der Waals surface area contributed by atoms with E-state index in [1.165, 1.54) is 4.88 Å². The predicted molar refractivity (Wildman–Crippen MR) is 82.3 cm³/mol. The van der Waals surface area contributed by atoms with E-state index in [-0.39, 0.29) is 11.9 Å².